The average molecular weight is 268 g/mol. The first-order valence-electron chi connectivity index (χ1n) is 7.77. The highest BCUT2D eigenvalue weighted by molar-refractivity contribution is 5.75. The molecule has 19 heavy (non-hydrogen) atoms. The number of nitrogens with one attached hydrogen (secondary N) is 1. The minimum Gasteiger partial charge on any atom is -0.389 e. The van der Waals surface area contributed by atoms with E-state index in [-0.39, 0.29) is 5.91 Å². The third kappa shape index (κ3) is 4.46. The predicted octanol–water partition coefficient (Wildman–Crippen LogP) is 1.53. The molecule has 4 nitrogen and oxygen atoms in total. The molecule has 2 fully saturated rings. The van der Waals surface area contributed by atoms with E-state index in [2.05, 4.69) is 10.2 Å². The highest BCUT2D eigenvalue weighted by atomic mass is 16.3. The van der Waals surface area contributed by atoms with Crippen LogP contribution in [0.4, 0.5) is 0 Å². The normalized spacial score (nSPS) is 25.2. The number of nitrogens with zero attached hydrogens (tertiary/aromatic N) is 1. The van der Waals surface area contributed by atoms with Crippen molar-refractivity contribution in [1.29, 1.82) is 0 Å². The maximum atomic E-state index is 11.4. The zero-order valence-corrected chi connectivity index (χ0v) is 12.2. The van der Waals surface area contributed by atoms with Crippen molar-refractivity contribution >= 4 is 5.91 Å². The fraction of sp³-hybridized carbons (Fsp3) is 0.933. The molecule has 2 rings (SSSR count). The largest absolute Gasteiger partial charge is 0.389 e. The van der Waals surface area contributed by atoms with Crippen molar-refractivity contribution in [3.8, 4) is 0 Å². The molecule has 0 aromatic rings. The van der Waals surface area contributed by atoms with Crippen LogP contribution in [0.3, 0.4) is 0 Å². The number of hydrogen-bond acceptors (Lipinski definition) is 3. The molecule has 1 saturated carbocycles. The lowest BCUT2D eigenvalue weighted by Gasteiger charge is -2.40. The fourth-order valence-electron chi connectivity index (χ4n) is 3.50. The molecule has 4 heteroatoms. The van der Waals surface area contributed by atoms with E-state index in [1.807, 2.05) is 0 Å². The van der Waals surface area contributed by atoms with Crippen LogP contribution >= 0.6 is 0 Å². The molecule has 0 radical (unpaired) electrons. The quantitative estimate of drug-likeness (QED) is 0.813. The van der Waals surface area contributed by atoms with Gasteiger partial charge in [0, 0.05) is 20.0 Å². The first kappa shape index (κ1) is 14.8. The van der Waals surface area contributed by atoms with Crippen molar-refractivity contribution in [2.24, 2.45) is 5.92 Å². The smallest absolute Gasteiger partial charge is 0.220 e. The van der Waals surface area contributed by atoms with Crippen LogP contribution < -0.4 is 5.32 Å². The van der Waals surface area contributed by atoms with Crippen LogP contribution in [0.5, 0.6) is 0 Å². The molecule has 0 aromatic heterocycles. The summed E-state index contributed by atoms with van der Waals surface area (Å²) in [6.45, 7) is 2.90. The van der Waals surface area contributed by atoms with Crippen LogP contribution in [0, 0.1) is 5.92 Å². The van der Waals surface area contributed by atoms with Crippen LogP contribution in [0.15, 0.2) is 0 Å². The van der Waals surface area contributed by atoms with Gasteiger partial charge in [0.25, 0.3) is 0 Å². The molecule has 1 heterocycles. The summed E-state index contributed by atoms with van der Waals surface area (Å²) in [5.41, 5.74) is -0.439. The van der Waals surface area contributed by atoms with Crippen LogP contribution in [0.2, 0.25) is 0 Å². The van der Waals surface area contributed by atoms with Crippen molar-refractivity contribution in [2.75, 3.05) is 26.7 Å². The van der Waals surface area contributed by atoms with Crippen molar-refractivity contribution in [3.05, 3.63) is 0 Å². The Hall–Kier alpha value is -0.610. The standard InChI is InChI=1S/C15H28N2O2/c1-16-14(18)11-13-5-9-17(10-6-13)12-15(19)7-3-2-4-8-15/h13,19H,2-12H2,1H3,(H,16,18). The third-order valence-corrected chi connectivity index (χ3v) is 4.76. The number of β-amino-alcohol motifs (C(OH)–C–C–N with tert-alkyl or cyclic N) is 1. The summed E-state index contributed by atoms with van der Waals surface area (Å²) in [6, 6.07) is 0. The van der Waals surface area contributed by atoms with Gasteiger partial charge in [-0.25, -0.2) is 0 Å². The summed E-state index contributed by atoms with van der Waals surface area (Å²) >= 11 is 0. The van der Waals surface area contributed by atoms with Crippen molar-refractivity contribution in [3.63, 3.8) is 0 Å². The van der Waals surface area contributed by atoms with E-state index >= 15 is 0 Å². The summed E-state index contributed by atoms with van der Waals surface area (Å²) < 4.78 is 0. The number of amides is 1. The molecule has 110 valence electrons. The molecular weight excluding hydrogens is 240 g/mol. The Kier molecular flexibility index (Phi) is 5.22. The van der Waals surface area contributed by atoms with Gasteiger partial charge in [-0.1, -0.05) is 19.3 Å². The van der Waals surface area contributed by atoms with Gasteiger partial charge >= 0.3 is 0 Å². The maximum absolute atomic E-state index is 11.4. The molecule has 1 aliphatic heterocycles. The topological polar surface area (TPSA) is 52.6 Å². The van der Waals surface area contributed by atoms with Crippen molar-refractivity contribution < 1.29 is 9.90 Å². The van der Waals surface area contributed by atoms with E-state index in [1.54, 1.807) is 7.05 Å². The van der Waals surface area contributed by atoms with Crippen LogP contribution in [0.1, 0.15) is 51.4 Å². The van der Waals surface area contributed by atoms with Crippen LogP contribution in [-0.4, -0.2) is 48.2 Å². The number of likely N-dealkylation sites (tertiary alicyclic amines) is 1. The zero-order valence-electron chi connectivity index (χ0n) is 12.2. The molecule has 0 bridgehead atoms. The minimum atomic E-state index is -0.439. The molecule has 0 unspecified atom stereocenters. The Morgan fingerprint density at radius 2 is 1.89 bits per heavy atom. The monoisotopic (exact) mass is 268 g/mol. The Labute approximate surface area is 116 Å². The predicted molar refractivity (Wildman–Crippen MR) is 75.9 cm³/mol. The highest BCUT2D eigenvalue weighted by Gasteiger charge is 2.32. The SMILES string of the molecule is CNC(=O)CC1CCN(CC2(O)CCCCC2)CC1. The van der Waals surface area contributed by atoms with Crippen molar-refractivity contribution in [2.45, 2.75) is 57.0 Å². The lowest BCUT2D eigenvalue weighted by atomic mass is 9.83. The number of rotatable bonds is 4. The second-order valence-electron chi connectivity index (χ2n) is 6.38. The van der Waals surface area contributed by atoms with E-state index < -0.39 is 5.60 Å². The fourth-order valence-corrected chi connectivity index (χ4v) is 3.50. The number of aliphatic hydroxyl groups is 1. The summed E-state index contributed by atoms with van der Waals surface area (Å²) in [5, 5.41) is 13.3. The molecule has 2 aliphatic rings. The van der Waals surface area contributed by atoms with Gasteiger partial charge in [-0.2, -0.15) is 0 Å². The maximum Gasteiger partial charge on any atom is 0.220 e. The minimum absolute atomic E-state index is 0.157. The van der Waals surface area contributed by atoms with Gasteiger partial charge in [0.05, 0.1) is 5.60 Å². The second kappa shape index (κ2) is 6.71. The lowest BCUT2D eigenvalue weighted by Crippen LogP contribution is -2.47. The summed E-state index contributed by atoms with van der Waals surface area (Å²) in [6.07, 6.45) is 8.38. The van der Waals surface area contributed by atoms with E-state index in [0.717, 1.165) is 45.3 Å². The number of carbonyl (C=O) groups is 1. The van der Waals surface area contributed by atoms with E-state index in [4.69, 9.17) is 0 Å². The lowest BCUT2D eigenvalue weighted by molar-refractivity contribution is -0.122. The van der Waals surface area contributed by atoms with Gasteiger partial charge in [0.2, 0.25) is 5.91 Å². The van der Waals surface area contributed by atoms with Gasteiger partial charge in [0.15, 0.2) is 0 Å². The molecule has 1 saturated heterocycles. The molecular formula is C15H28N2O2. The Bertz CT molecular complexity index is 293. The highest BCUT2D eigenvalue weighted by Crippen LogP contribution is 2.30. The summed E-state index contributed by atoms with van der Waals surface area (Å²) in [5.74, 6) is 0.682. The van der Waals surface area contributed by atoms with Crippen molar-refractivity contribution in [1.82, 2.24) is 10.2 Å². The number of hydrogen-bond donors (Lipinski definition) is 2. The van der Waals surface area contributed by atoms with Gasteiger partial charge in [-0.05, 0) is 44.7 Å². The first-order valence-corrected chi connectivity index (χ1v) is 7.77. The van der Waals surface area contributed by atoms with Gasteiger partial charge in [0.1, 0.15) is 0 Å². The van der Waals surface area contributed by atoms with E-state index in [0.29, 0.717) is 12.3 Å². The first-order chi connectivity index (χ1) is 9.11. The molecule has 0 spiro atoms. The second-order valence-corrected chi connectivity index (χ2v) is 6.38. The van der Waals surface area contributed by atoms with Crippen LogP contribution in [0.25, 0.3) is 0 Å². The third-order valence-electron chi connectivity index (χ3n) is 4.76. The van der Waals surface area contributed by atoms with Gasteiger partial charge in [-0.15, -0.1) is 0 Å². The summed E-state index contributed by atoms with van der Waals surface area (Å²) in [4.78, 5) is 13.8. The average Bonchev–Trinajstić information content (AvgIpc) is 2.41. The van der Waals surface area contributed by atoms with Crippen LogP contribution in [-0.2, 0) is 4.79 Å². The van der Waals surface area contributed by atoms with E-state index in [1.165, 1.54) is 19.3 Å². The van der Waals surface area contributed by atoms with Gasteiger partial charge < -0.3 is 15.3 Å². The Morgan fingerprint density at radius 3 is 2.47 bits per heavy atom. The Morgan fingerprint density at radius 1 is 1.26 bits per heavy atom. The van der Waals surface area contributed by atoms with E-state index in [9.17, 15) is 9.90 Å². The molecule has 2 N–H and O–H groups in total. The Balaban J connectivity index is 1.72. The molecule has 0 atom stereocenters. The number of piperidine rings is 1. The summed E-state index contributed by atoms with van der Waals surface area (Å²) in [7, 11) is 1.70. The molecule has 1 amide bonds. The molecule has 0 aromatic carbocycles. The number of carbonyl (C=O) groups excluding carboxylic acids is 1. The van der Waals surface area contributed by atoms with Gasteiger partial charge in [-0.3, -0.25) is 4.79 Å². The zero-order chi connectivity index (χ0) is 13.7. The molecule has 1 aliphatic carbocycles.